The summed E-state index contributed by atoms with van der Waals surface area (Å²) in [7, 11) is 0. The minimum atomic E-state index is 0. The number of hydrogen-bond acceptors (Lipinski definition) is 0. The zero-order valence-electron chi connectivity index (χ0n) is 2.09. The first-order valence-corrected chi connectivity index (χ1v) is 2.44. The summed E-state index contributed by atoms with van der Waals surface area (Å²) in [5, 5.41) is 0. The van der Waals surface area contributed by atoms with Crippen molar-refractivity contribution in [3.8, 4) is 0 Å². The minimum absolute atomic E-state index is 0. The van der Waals surface area contributed by atoms with Gasteiger partial charge in [0.05, 0.1) is 0 Å². The Morgan fingerprint density at radius 3 is 1.00 bits per heavy atom. The van der Waals surface area contributed by atoms with Crippen molar-refractivity contribution in [3.05, 3.63) is 0 Å². The van der Waals surface area contributed by atoms with E-state index in [1.807, 2.05) is 0 Å². The van der Waals surface area contributed by atoms with Crippen LogP contribution in [-0.2, 0) is 14.2 Å². The molecule has 0 nitrogen and oxygen atoms in total. The molecule has 0 aromatic heterocycles. The molecule has 0 N–H and O–H groups in total. The number of hydrogen-bond donors (Lipinski definition) is 0. The third-order valence-corrected chi connectivity index (χ3v) is 0. The van der Waals surface area contributed by atoms with Crippen molar-refractivity contribution in [2.45, 2.75) is 0 Å². The van der Waals surface area contributed by atoms with Crippen molar-refractivity contribution >= 4 is 33.9 Å². The quantitative estimate of drug-likeness (QED) is 0.414. The third kappa shape index (κ3) is 9.13. The second-order valence-corrected chi connectivity index (χ2v) is 0. The summed E-state index contributed by atoms with van der Waals surface area (Å²) < 4.78 is 0. The SMILES string of the molecule is P.P.[Cu][Br]. The molecule has 0 radical (unpaired) electrons. The molecule has 0 aliphatic carbocycles. The first-order chi connectivity index (χ1) is 1.00. The standard InChI is InChI=1S/BrH.Cu.2H3P/h1H;;2*1H3/q;+1;;/p-1. The Balaban J connectivity index is -0.00000000500. The summed E-state index contributed by atoms with van der Waals surface area (Å²) in [5.74, 6) is 0. The van der Waals surface area contributed by atoms with Crippen LogP contribution in [0.3, 0.4) is 0 Å². The Labute approximate surface area is 48.2 Å². The van der Waals surface area contributed by atoms with E-state index in [9.17, 15) is 0 Å². The maximum atomic E-state index is 4.00. The van der Waals surface area contributed by atoms with Gasteiger partial charge in [0, 0.05) is 0 Å². The van der Waals surface area contributed by atoms with E-state index in [0.717, 1.165) is 0 Å². The zero-order valence-corrected chi connectivity index (χ0v) is 7.45. The molecule has 0 fully saturated rings. The average molecular weight is 211 g/mol. The van der Waals surface area contributed by atoms with E-state index in [0.29, 0.717) is 0 Å². The van der Waals surface area contributed by atoms with Gasteiger partial charge >= 0.3 is 28.3 Å². The van der Waals surface area contributed by atoms with Gasteiger partial charge in [-0.15, -0.1) is 0 Å². The zero-order chi connectivity index (χ0) is 2.00. The monoisotopic (exact) mass is 210 g/mol. The summed E-state index contributed by atoms with van der Waals surface area (Å²) in [6.07, 6.45) is 0. The van der Waals surface area contributed by atoms with Crippen molar-refractivity contribution in [1.82, 2.24) is 0 Å². The van der Waals surface area contributed by atoms with Crippen molar-refractivity contribution < 1.29 is 14.2 Å². The van der Waals surface area contributed by atoms with Gasteiger partial charge in [0.15, 0.2) is 0 Å². The molecule has 2 atom stereocenters. The van der Waals surface area contributed by atoms with Gasteiger partial charge in [-0.3, -0.25) is 0 Å². The molecule has 2 unspecified atom stereocenters. The summed E-state index contributed by atoms with van der Waals surface area (Å²) in [6.45, 7) is 0. The predicted molar refractivity (Wildman–Crippen MR) is 31.1 cm³/mol. The molecule has 34 valence electrons. The molecule has 0 saturated heterocycles. The van der Waals surface area contributed by atoms with E-state index in [2.05, 4.69) is 28.3 Å². The van der Waals surface area contributed by atoms with Crippen molar-refractivity contribution in [2.24, 2.45) is 0 Å². The maximum absolute atomic E-state index is 4.00. The fourth-order valence-corrected chi connectivity index (χ4v) is 0. The molecule has 0 aromatic rings. The molecule has 0 aliphatic rings. The van der Waals surface area contributed by atoms with Crippen LogP contribution in [0.2, 0.25) is 0 Å². The molecule has 0 aromatic carbocycles. The molecular formula is H6BrCuP2. The molecule has 4 heavy (non-hydrogen) atoms. The predicted octanol–water partition coefficient (Wildman–Crippen LogP) is 0.959. The van der Waals surface area contributed by atoms with E-state index >= 15 is 0 Å². The summed E-state index contributed by atoms with van der Waals surface area (Å²) >= 11 is 6.50. The molecular weight excluding hydrogens is 205 g/mol. The summed E-state index contributed by atoms with van der Waals surface area (Å²) in [5.41, 5.74) is 0. The van der Waals surface area contributed by atoms with Crippen LogP contribution < -0.4 is 0 Å². The molecule has 0 saturated carbocycles. The van der Waals surface area contributed by atoms with Crippen molar-refractivity contribution in [3.63, 3.8) is 0 Å². The van der Waals surface area contributed by atoms with E-state index in [-0.39, 0.29) is 19.8 Å². The fraction of sp³-hybridized carbons (Fsp3) is 0. The summed E-state index contributed by atoms with van der Waals surface area (Å²) in [4.78, 5) is 0. The second-order valence-electron chi connectivity index (χ2n) is 0. The second kappa shape index (κ2) is 20.9. The number of rotatable bonds is 0. The third-order valence-electron chi connectivity index (χ3n) is 0. The normalized spacial score (nSPS) is 1.75. The Bertz CT molecular complexity index is 6.00. The first kappa shape index (κ1) is 16.9. The van der Waals surface area contributed by atoms with E-state index in [1.54, 1.807) is 0 Å². The Morgan fingerprint density at radius 1 is 1.00 bits per heavy atom. The molecule has 0 aliphatic heterocycles. The van der Waals surface area contributed by atoms with Crippen LogP contribution in [-0.4, -0.2) is 0 Å². The van der Waals surface area contributed by atoms with Gasteiger partial charge in [-0.1, -0.05) is 0 Å². The Kier molecular flexibility index (Phi) is 88.6. The first-order valence-electron chi connectivity index (χ1n) is 0.114. The summed E-state index contributed by atoms with van der Waals surface area (Å²) in [6, 6.07) is 0. The van der Waals surface area contributed by atoms with Gasteiger partial charge in [-0.05, 0) is 0 Å². The van der Waals surface area contributed by atoms with Crippen LogP contribution >= 0.6 is 33.9 Å². The molecule has 0 rings (SSSR count). The van der Waals surface area contributed by atoms with Gasteiger partial charge < -0.3 is 0 Å². The van der Waals surface area contributed by atoms with Crippen molar-refractivity contribution in [2.75, 3.05) is 0 Å². The van der Waals surface area contributed by atoms with E-state index in [1.165, 1.54) is 0 Å². The van der Waals surface area contributed by atoms with Gasteiger partial charge in [-0.2, -0.15) is 19.8 Å². The van der Waals surface area contributed by atoms with Gasteiger partial charge in [0.1, 0.15) is 0 Å². The fourth-order valence-electron chi connectivity index (χ4n) is 0. The Hall–Kier alpha value is 1.86. The number of halogens is 1. The van der Waals surface area contributed by atoms with Crippen LogP contribution in [0.25, 0.3) is 0 Å². The van der Waals surface area contributed by atoms with Crippen LogP contribution in [0, 0.1) is 0 Å². The average Bonchev–Trinajstić information content (AvgIpc) is 1.00. The molecule has 0 spiro atoms. The van der Waals surface area contributed by atoms with E-state index in [4.69, 9.17) is 0 Å². The van der Waals surface area contributed by atoms with Crippen LogP contribution in [0.15, 0.2) is 0 Å². The van der Waals surface area contributed by atoms with E-state index < -0.39 is 0 Å². The molecule has 0 bridgehead atoms. The van der Waals surface area contributed by atoms with Crippen LogP contribution in [0.5, 0.6) is 0 Å². The topological polar surface area (TPSA) is 0 Å². The van der Waals surface area contributed by atoms with Gasteiger partial charge in [-0.25, -0.2) is 0 Å². The van der Waals surface area contributed by atoms with Gasteiger partial charge in [0.25, 0.3) is 0 Å². The van der Waals surface area contributed by atoms with Crippen molar-refractivity contribution in [1.29, 1.82) is 0 Å². The molecule has 0 amide bonds. The van der Waals surface area contributed by atoms with Crippen LogP contribution in [0.4, 0.5) is 0 Å². The molecule has 4 heteroatoms. The van der Waals surface area contributed by atoms with Gasteiger partial charge in [0.2, 0.25) is 0 Å². The Morgan fingerprint density at radius 2 is 1.00 bits per heavy atom. The van der Waals surface area contributed by atoms with Crippen LogP contribution in [0.1, 0.15) is 0 Å². The molecule has 0 heterocycles.